The molecule has 3 heterocycles. The van der Waals surface area contributed by atoms with Gasteiger partial charge in [0.1, 0.15) is 17.7 Å². The standard InChI is InChI=1S/C35H41N5O6S2/c41-31-29-19-25(46-34-37-27-14-9-10-16-30(27)47-34)22-40(29)32(42)28(36-21-23-11-5-4-6-12-23)15-8-3-1-2-7-13-24-20-35(24,38-31)33(43)39-48(44,45)26-17-18-26/h4-7,9-14,16,24-26,28-29,36H,1-3,8,15,17-22H2,(H,38,41)(H,39,43)/b13-7-/t24-,25-,28+,29+,35-/m1/s1. The van der Waals surface area contributed by atoms with Crippen molar-refractivity contribution >= 4 is 49.3 Å². The maximum atomic E-state index is 14.4. The Labute approximate surface area is 284 Å². The number of ether oxygens (including phenoxy) is 1. The first-order chi connectivity index (χ1) is 23.2. The van der Waals surface area contributed by atoms with E-state index >= 15 is 0 Å². The largest absolute Gasteiger partial charge is 0.465 e. The zero-order valence-electron chi connectivity index (χ0n) is 26.7. The summed E-state index contributed by atoms with van der Waals surface area (Å²) in [6.45, 7) is 0.672. The normalized spacial score (nSPS) is 28.8. The van der Waals surface area contributed by atoms with Gasteiger partial charge in [-0.25, -0.2) is 13.4 Å². The van der Waals surface area contributed by atoms with E-state index in [1.165, 1.54) is 11.3 Å². The van der Waals surface area contributed by atoms with Crippen molar-refractivity contribution in [3.05, 3.63) is 72.3 Å². The lowest BCUT2D eigenvalue weighted by molar-refractivity contribution is -0.141. The molecule has 1 aromatic heterocycles. The van der Waals surface area contributed by atoms with Crippen LogP contribution in [-0.2, 0) is 31.0 Å². The van der Waals surface area contributed by atoms with E-state index < -0.39 is 50.8 Å². The molecule has 3 aromatic rings. The monoisotopic (exact) mass is 691 g/mol. The highest BCUT2D eigenvalue weighted by Gasteiger charge is 2.62. The van der Waals surface area contributed by atoms with Crippen LogP contribution in [0.15, 0.2) is 66.7 Å². The molecule has 3 N–H and O–H groups in total. The first-order valence-electron chi connectivity index (χ1n) is 16.9. The van der Waals surface area contributed by atoms with E-state index in [0.717, 1.165) is 41.5 Å². The molecule has 4 aliphatic rings. The quantitative estimate of drug-likeness (QED) is 0.303. The molecule has 0 bridgehead atoms. The summed E-state index contributed by atoms with van der Waals surface area (Å²) >= 11 is 1.41. The molecule has 0 radical (unpaired) electrons. The molecular formula is C35H41N5O6S2. The maximum Gasteiger partial charge on any atom is 0.274 e. The molecule has 0 unspecified atom stereocenters. The zero-order valence-corrected chi connectivity index (χ0v) is 28.3. The van der Waals surface area contributed by atoms with Gasteiger partial charge in [0.25, 0.3) is 11.1 Å². The molecule has 1 saturated heterocycles. The first kappa shape index (κ1) is 32.7. The summed E-state index contributed by atoms with van der Waals surface area (Å²) in [5, 5.41) is 6.28. The van der Waals surface area contributed by atoms with Gasteiger partial charge in [-0.05, 0) is 56.2 Å². The minimum absolute atomic E-state index is 0.176. The Hall–Kier alpha value is -3.81. The molecule has 5 atom stereocenters. The third kappa shape index (κ3) is 7.13. The van der Waals surface area contributed by atoms with Crippen LogP contribution in [-0.4, -0.2) is 71.5 Å². The molecule has 11 nitrogen and oxygen atoms in total. The summed E-state index contributed by atoms with van der Waals surface area (Å²) in [6, 6.07) is 16.1. The van der Waals surface area contributed by atoms with Gasteiger partial charge in [-0.1, -0.05) is 78.8 Å². The zero-order chi connectivity index (χ0) is 33.3. The Morgan fingerprint density at radius 2 is 1.83 bits per heavy atom. The number of nitrogens with one attached hydrogen (secondary N) is 3. The number of hydrogen-bond donors (Lipinski definition) is 3. The summed E-state index contributed by atoms with van der Waals surface area (Å²) in [6.07, 6.45) is 9.01. The van der Waals surface area contributed by atoms with Crippen LogP contribution in [0, 0.1) is 5.92 Å². The summed E-state index contributed by atoms with van der Waals surface area (Å²) in [5.74, 6) is -1.76. The van der Waals surface area contributed by atoms with E-state index in [2.05, 4.69) is 20.3 Å². The highest BCUT2D eigenvalue weighted by molar-refractivity contribution is 7.91. The minimum Gasteiger partial charge on any atom is -0.465 e. The Bertz CT molecular complexity index is 1780. The van der Waals surface area contributed by atoms with E-state index in [1.54, 1.807) is 4.90 Å². The fraction of sp³-hybridized carbons (Fsp3) is 0.486. The lowest BCUT2D eigenvalue weighted by Gasteiger charge is -2.30. The molecule has 2 aliphatic heterocycles. The third-order valence-electron chi connectivity index (χ3n) is 9.78. The van der Waals surface area contributed by atoms with Crippen LogP contribution >= 0.6 is 11.3 Å². The van der Waals surface area contributed by atoms with Crippen LogP contribution in [0.3, 0.4) is 0 Å². The SMILES string of the molecule is O=C1N[C@]2(C(=O)NS(=O)(=O)C3CC3)C[C@H]2/C=C\CCCCC[C@H](NCc2ccccc2)C(=O)N2C[C@H](Oc3nc4ccccc4s3)C[C@@H]12. The van der Waals surface area contributed by atoms with Crippen molar-refractivity contribution < 1.29 is 27.5 Å². The second-order valence-electron chi connectivity index (χ2n) is 13.4. The molecule has 2 aromatic carbocycles. The van der Waals surface area contributed by atoms with Crippen molar-refractivity contribution in [2.24, 2.45) is 5.92 Å². The number of hydrogen-bond acceptors (Lipinski definition) is 9. The van der Waals surface area contributed by atoms with Crippen LogP contribution < -0.4 is 20.1 Å². The van der Waals surface area contributed by atoms with E-state index in [4.69, 9.17) is 4.74 Å². The molecule has 7 rings (SSSR count). The number of sulfonamides is 1. The second-order valence-corrected chi connectivity index (χ2v) is 16.3. The van der Waals surface area contributed by atoms with Gasteiger partial charge < -0.3 is 20.3 Å². The number of benzene rings is 2. The van der Waals surface area contributed by atoms with Crippen molar-refractivity contribution in [2.75, 3.05) is 6.54 Å². The summed E-state index contributed by atoms with van der Waals surface area (Å²) in [5.41, 5.74) is 0.459. The van der Waals surface area contributed by atoms with Gasteiger partial charge in [0.05, 0.1) is 28.1 Å². The number of rotatable bonds is 8. The second kappa shape index (κ2) is 13.6. The molecular weight excluding hydrogens is 651 g/mol. The van der Waals surface area contributed by atoms with Crippen LogP contribution in [0.4, 0.5) is 0 Å². The molecule has 2 aliphatic carbocycles. The van der Waals surface area contributed by atoms with Crippen molar-refractivity contribution in [3.8, 4) is 5.19 Å². The van der Waals surface area contributed by atoms with Crippen LogP contribution in [0.25, 0.3) is 10.2 Å². The summed E-state index contributed by atoms with van der Waals surface area (Å²) in [7, 11) is -3.82. The highest BCUT2D eigenvalue weighted by atomic mass is 32.2. The molecule has 3 amide bonds. The predicted octanol–water partition coefficient (Wildman–Crippen LogP) is 3.81. The summed E-state index contributed by atoms with van der Waals surface area (Å²) in [4.78, 5) is 48.4. The molecule has 13 heteroatoms. The lowest BCUT2D eigenvalue weighted by Crippen LogP contribution is -2.58. The van der Waals surface area contributed by atoms with E-state index in [1.807, 2.05) is 66.7 Å². The number of carbonyl (C=O) groups is 3. The topological polar surface area (TPSA) is 147 Å². The summed E-state index contributed by atoms with van der Waals surface area (Å²) < 4.78 is 35.0. The number of allylic oxidation sites excluding steroid dienone is 1. The van der Waals surface area contributed by atoms with Crippen molar-refractivity contribution in [2.45, 2.75) is 93.3 Å². The third-order valence-corrected chi connectivity index (χ3v) is 12.5. The number of amides is 3. The fourth-order valence-corrected chi connectivity index (χ4v) is 9.03. The van der Waals surface area contributed by atoms with Crippen LogP contribution in [0.1, 0.15) is 63.4 Å². The van der Waals surface area contributed by atoms with Gasteiger partial charge in [0.2, 0.25) is 21.8 Å². The van der Waals surface area contributed by atoms with Crippen molar-refractivity contribution in [1.82, 2.24) is 25.2 Å². The number of fused-ring (bicyclic) bond motifs is 3. The molecule has 48 heavy (non-hydrogen) atoms. The van der Waals surface area contributed by atoms with Crippen molar-refractivity contribution in [3.63, 3.8) is 0 Å². The Kier molecular flexibility index (Phi) is 9.27. The molecule has 2 saturated carbocycles. The van der Waals surface area contributed by atoms with E-state index in [9.17, 15) is 22.8 Å². The Morgan fingerprint density at radius 3 is 2.62 bits per heavy atom. The van der Waals surface area contributed by atoms with Gasteiger partial charge >= 0.3 is 0 Å². The average molecular weight is 692 g/mol. The highest BCUT2D eigenvalue weighted by Crippen LogP contribution is 2.46. The number of para-hydroxylation sites is 1. The number of thiazole rings is 1. The van der Waals surface area contributed by atoms with Crippen LogP contribution in [0.5, 0.6) is 5.19 Å². The predicted molar refractivity (Wildman–Crippen MR) is 183 cm³/mol. The molecule has 254 valence electrons. The van der Waals surface area contributed by atoms with Gasteiger partial charge in [-0.3, -0.25) is 19.1 Å². The van der Waals surface area contributed by atoms with Gasteiger partial charge in [0, 0.05) is 18.9 Å². The van der Waals surface area contributed by atoms with Crippen molar-refractivity contribution in [1.29, 1.82) is 0 Å². The number of aromatic nitrogens is 1. The van der Waals surface area contributed by atoms with E-state index in [-0.39, 0.29) is 31.2 Å². The maximum absolute atomic E-state index is 14.4. The number of nitrogens with zero attached hydrogens (tertiary/aromatic N) is 2. The van der Waals surface area contributed by atoms with E-state index in [0.29, 0.717) is 31.0 Å². The minimum atomic E-state index is -3.82. The smallest absolute Gasteiger partial charge is 0.274 e. The lowest BCUT2D eigenvalue weighted by atomic mass is 10.0. The Morgan fingerprint density at radius 1 is 1.04 bits per heavy atom. The van der Waals surface area contributed by atoms with Gasteiger partial charge in [-0.15, -0.1) is 0 Å². The Balaban J connectivity index is 1.16. The fourth-order valence-electron chi connectivity index (χ4n) is 6.78. The number of carbonyl (C=O) groups excluding carboxylic acids is 3. The van der Waals surface area contributed by atoms with Gasteiger partial charge in [0.15, 0.2) is 0 Å². The van der Waals surface area contributed by atoms with Crippen LogP contribution in [0.2, 0.25) is 0 Å². The molecule has 0 spiro atoms. The first-order valence-corrected chi connectivity index (χ1v) is 19.2. The van der Waals surface area contributed by atoms with Gasteiger partial charge in [-0.2, -0.15) is 0 Å². The average Bonchev–Trinajstić information content (AvgIpc) is 3.97. The molecule has 3 fully saturated rings.